The van der Waals surface area contributed by atoms with E-state index >= 15 is 0 Å². The maximum Gasteiger partial charge on any atom is 0.279 e. The van der Waals surface area contributed by atoms with Gasteiger partial charge in [0, 0.05) is 38.3 Å². The fourth-order valence-corrected chi connectivity index (χ4v) is 6.12. The first kappa shape index (κ1) is 22.7. The number of primary amides is 1. The van der Waals surface area contributed by atoms with E-state index in [0.717, 1.165) is 32.2 Å². The number of hydrogen-bond donors (Lipinski definition) is 2. The summed E-state index contributed by atoms with van der Waals surface area (Å²) in [5.74, 6) is 0.162. The Hall–Kier alpha value is -3.79. The molecule has 36 heavy (non-hydrogen) atoms. The van der Waals surface area contributed by atoms with Crippen LogP contribution >= 0.6 is 0 Å². The Kier molecular flexibility index (Phi) is 5.29. The maximum absolute atomic E-state index is 13.5. The third-order valence-corrected chi connectivity index (χ3v) is 8.11. The average molecular weight is 487 g/mol. The van der Waals surface area contributed by atoms with Crippen LogP contribution in [0, 0.1) is 12.3 Å². The number of nitrogens with two attached hydrogens (primary N) is 2. The lowest BCUT2D eigenvalue weighted by Crippen LogP contribution is -2.45. The Balaban J connectivity index is 1.27. The molecule has 10 nitrogen and oxygen atoms in total. The van der Waals surface area contributed by atoms with Crippen molar-refractivity contribution in [1.82, 2.24) is 19.7 Å². The van der Waals surface area contributed by atoms with Crippen molar-refractivity contribution in [2.24, 2.45) is 16.9 Å². The van der Waals surface area contributed by atoms with Crippen molar-refractivity contribution in [3.8, 4) is 0 Å². The topological polar surface area (TPSA) is 136 Å². The Morgan fingerprint density at radius 1 is 1.03 bits per heavy atom. The summed E-state index contributed by atoms with van der Waals surface area (Å²) in [6.45, 7) is 4.44. The number of rotatable bonds is 3. The van der Waals surface area contributed by atoms with Gasteiger partial charge in [-0.1, -0.05) is 24.3 Å². The maximum atomic E-state index is 13.5. The van der Waals surface area contributed by atoms with Gasteiger partial charge in [-0.15, -0.1) is 0 Å². The van der Waals surface area contributed by atoms with Crippen LogP contribution in [0.15, 0.2) is 36.5 Å². The number of amides is 2. The summed E-state index contributed by atoms with van der Waals surface area (Å²) in [4.78, 5) is 38.8. The van der Waals surface area contributed by atoms with E-state index in [4.69, 9.17) is 16.5 Å². The van der Waals surface area contributed by atoms with E-state index in [0.29, 0.717) is 37.0 Å². The molecule has 3 aliphatic rings. The molecule has 4 heterocycles. The molecule has 2 aliphatic heterocycles. The van der Waals surface area contributed by atoms with Crippen molar-refractivity contribution in [1.29, 1.82) is 0 Å². The average Bonchev–Trinajstić information content (AvgIpc) is 3.47. The molecule has 1 spiro atoms. The van der Waals surface area contributed by atoms with Gasteiger partial charge in [-0.2, -0.15) is 5.10 Å². The van der Waals surface area contributed by atoms with E-state index < -0.39 is 5.91 Å². The molecular weight excluding hydrogens is 456 g/mol. The quantitative estimate of drug-likeness (QED) is 0.578. The van der Waals surface area contributed by atoms with Crippen molar-refractivity contribution in [2.45, 2.75) is 45.2 Å². The molecule has 1 atom stereocenters. The molecule has 1 unspecified atom stereocenters. The highest BCUT2D eigenvalue weighted by atomic mass is 16.2. The summed E-state index contributed by atoms with van der Waals surface area (Å²) in [5.41, 5.74) is 15.7. The summed E-state index contributed by atoms with van der Waals surface area (Å²) < 4.78 is 1.79. The molecule has 2 aromatic heterocycles. The zero-order valence-corrected chi connectivity index (χ0v) is 20.4. The molecule has 186 valence electrons. The number of piperidine rings is 1. The number of carbonyl (C=O) groups is 2. The van der Waals surface area contributed by atoms with Crippen molar-refractivity contribution in [3.63, 3.8) is 0 Å². The van der Waals surface area contributed by atoms with Crippen LogP contribution in [0.4, 0.5) is 11.6 Å². The molecule has 6 rings (SSSR count). The van der Waals surface area contributed by atoms with Crippen LogP contribution in [-0.4, -0.2) is 51.2 Å². The van der Waals surface area contributed by atoms with Gasteiger partial charge in [-0.25, -0.2) is 14.6 Å². The van der Waals surface area contributed by atoms with Gasteiger partial charge in [-0.05, 0) is 49.1 Å². The van der Waals surface area contributed by atoms with Crippen LogP contribution in [0.2, 0.25) is 0 Å². The fourth-order valence-electron chi connectivity index (χ4n) is 6.12. The lowest BCUT2D eigenvalue weighted by Gasteiger charge is -2.42. The number of fused-ring (bicyclic) bond motifs is 2. The zero-order chi connectivity index (χ0) is 25.0. The lowest BCUT2D eigenvalue weighted by atomic mass is 9.73. The highest BCUT2D eigenvalue weighted by molar-refractivity contribution is 6.06. The van der Waals surface area contributed by atoms with E-state index in [1.807, 2.05) is 6.07 Å². The smallest absolute Gasteiger partial charge is 0.279 e. The fraction of sp³-hybridized carbons (Fsp3) is 0.423. The summed E-state index contributed by atoms with van der Waals surface area (Å²) in [5, 5.41) is 4.27. The van der Waals surface area contributed by atoms with Gasteiger partial charge in [0.2, 0.25) is 0 Å². The predicted molar refractivity (Wildman–Crippen MR) is 135 cm³/mol. The number of aryl methyl sites for hydroxylation is 2. The van der Waals surface area contributed by atoms with E-state index in [9.17, 15) is 9.59 Å². The Labute approximate surface area is 209 Å². The second-order valence-electron chi connectivity index (χ2n) is 10.1. The van der Waals surface area contributed by atoms with Gasteiger partial charge in [0.05, 0.1) is 11.9 Å². The second-order valence-corrected chi connectivity index (χ2v) is 10.1. The number of anilines is 2. The van der Waals surface area contributed by atoms with E-state index in [1.54, 1.807) is 28.8 Å². The van der Waals surface area contributed by atoms with Crippen molar-refractivity contribution in [2.75, 3.05) is 29.4 Å². The first-order valence-electron chi connectivity index (χ1n) is 12.5. The van der Waals surface area contributed by atoms with E-state index in [-0.39, 0.29) is 28.8 Å². The second kappa shape index (κ2) is 8.41. The molecule has 0 bridgehead atoms. The van der Waals surface area contributed by atoms with Gasteiger partial charge in [-0.3, -0.25) is 14.5 Å². The highest BCUT2D eigenvalue weighted by Crippen LogP contribution is 2.51. The van der Waals surface area contributed by atoms with Crippen LogP contribution in [0.1, 0.15) is 63.1 Å². The number of hydrogen-bond acceptors (Lipinski definition) is 7. The molecule has 1 aliphatic carbocycles. The standard InChI is InChI=1S/C26H30N8O2/c1-16-20(25(36)33-11-4-12-34-19(33)7-10-29-34)31-21(23(28)35)24(30-16)32-13-8-26(9-14-32)15-17-5-2-3-6-18(17)22(26)27/h2-3,5-7,10,22H,4,8-9,11-15,27H2,1H3,(H2,28,35). The Bertz CT molecular complexity index is 1360. The van der Waals surface area contributed by atoms with Crippen LogP contribution in [0.25, 0.3) is 0 Å². The normalized spacial score (nSPS) is 20.3. The summed E-state index contributed by atoms with van der Waals surface area (Å²) >= 11 is 0. The number of benzene rings is 1. The van der Waals surface area contributed by atoms with Crippen LogP contribution in [0.3, 0.4) is 0 Å². The van der Waals surface area contributed by atoms with Crippen LogP contribution in [-0.2, 0) is 13.0 Å². The van der Waals surface area contributed by atoms with Gasteiger partial charge >= 0.3 is 0 Å². The van der Waals surface area contributed by atoms with Crippen molar-refractivity contribution >= 4 is 23.5 Å². The summed E-state index contributed by atoms with van der Waals surface area (Å²) in [6.07, 6.45) is 5.18. The molecule has 0 saturated carbocycles. The van der Waals surface area contributed by atoms with Gasteiger partial charge in [0.1, 0.15) is 5.82 Å². The van der Waals surface area contributed by atoms with E-state index in [2.05, 4.69) is 33.2 Å². The highest BCUT2D eigenvalue weighted by Gasteiger charge is 2.46. The van der Waals surface area contributed by atoms with Crippen molar-refractivity contribution in [3.05, 3.63) is 64.7 Å². The molecule has 4 N–H and O–H groups in total. The molecule has 1 aromatic carbocycles. The summed E-state index contributed by atoms with van der Waals surface area (Å²) in [6, 6.07) is 10.2. The third-order valence-electron chi connectivity index (χ3n) is 8.11. The van der Waals surface area contributed by atoms with Crippen LogP contribution in [0.5, 0.6) is 0 Å². The molecule has 1 saturated heterocycles. The number of aromatic nitrogens is 4. The minimum atomic E-state index is -0.694. The molecule has 10 heteroatoms. The number of carbonyl (C=O) groups excluding carboxylic acids is 2. The summed E-state index contributed by atoms with van der Waals surface area (Å²) in [7, 11) is 0. The largest absolute Gasteiger partial charge is 0.364 e. The first-order valence-corrected chi connectivity index (χ1v) is 12.5. The molecular formula is C26H30N8O2. The molecule has 1 fully saturated rings. The molecule has 2 amide bonds. The number of nitrogens with zero attached hydrogens (tertiary/aromatic N) is 6. The Morgan fingerprint density at radius 2 is 1.81 bits per heavy atom. The minimum Gasteiger partial charge on any atom is -0.364 e. The lowest BCUT2D eigenvalue weighted by molar-refractivity contribution is 0.0974. The van der Waals surface area contributed by atoms with E-state index in [1.165, 1.54) is 11.1 Å². The van der Waals surface area contributed by atoms with Gasteiger partial charge in [0.25, 0.3) is 11.8 Å². The minimum absolute atomic E-state index is 0.00254. The van der Waals surface area contributed by atoms with Crippen molar-refractivity contribution < 1.29 is 9.59 Å². The molecule has 3 aromatic rings. The third kappa shape index (κ3) is 3.47. The Morgan fingerprint density at radius 3 is 2.56 bits per heavy atom. The van der Waals surface area contributed by atoms with Gasteiger partial charge < -0.3 is 16.4 Å². The molecule has 0 radical (unpaired) electrons. The predicted octanol–water partition coefficient (Wildman–Crippen LogP) is 1.97. The zero-order valence-electron chi connectivity index (χ0n) is 20.4. The van der Waals surface area contributed by atoms with Gasteiger partial charge in [0.15, 0.2) is 17.2 Å². The SMILES string of the molecule is Cc1nc(N2CCC3(CC2)Cc2ccccc2C3N)c(C(N)=O)nc1C(=O)N1CCCn2nccc21. The monoisotopic (exact) mass is 486 g/mol. The van der Waals surface area contributed by atoms with Crippen LogP contribution < -0.4 is 21.3 Å². The first-order chi connectivity index (χ1) is 17.4.